The van der Waals surface area contributed by atoms with Gasteiger partial charge in [-0.2, -0.15) is 0 Å². The van der Waals surface area contributed by atoms with Gasteiger partial charge in [0.15, 0.2) is 0 Å². The molecule has 0 bridgehead atoms. The third-order valence-corrected chi connectivity index (χ3v) is 4.50. The molecule has 1 aliphatic rings. The lowest BCUT2D eigenvalue weighted by atomic mass is 10.2. The van der Waals surface area contributed by atoms with E-state index < -0.39 is 5.97 Å². The Morgan fingerprint density at radius 3 is 2.91 bits per heavy atom. The van der Waals surface area contributed by atoms with Gasteiger partial charge in [-0.1, -0.05) is 36.5 Å². The first-order chi connectivity index (χ1) is 10.6. The van der Waals surface area contributed by atoms with E-state index in [0.29, 0.717) is 22.2 Å². The Hall–Kier alpha value is -1.73. The number of carboxylic acid groups (broad SMARTS) is 1. The van der Waals surface area contributed by atoms with Gasteiger partial charge in [0.1, 0.15) is 4.32 Å². The fourth-order valence-electron chi connectivity index (χ4n) is 2.02. The van der Waals surface area contributed by atoms with Crippen molar-refractivity contribution in [2.45, 2.75) is 25.7 Å². The van der Waals surface area contributed by atoms with Gasteiger partial charge in [0.2, 0.25) is 0 Å². The first-order valence-electron chi connectivity index (χ1n) is 6.93. The molecule has 0 saturated carbocycles. The number of amides is 1. The number of thioether (sulfide) groups is 1. The highest BCUT2D eigenvalue weighted by Crippen LogP contribution is 2.32. The second kappa shape index (κ2) is 8.05. The van der Waals surface area contributed by atoms with Gasteiger partial charge in [0, 0.05) is 24.9 Å². The minimum atomic E-state index is -1.04. The maximum absolute atomic E-state index is 12.3. The van der Waals surface area contributed by atoms with E-state index in [-0.39, 0.29) is 12.3 Å². The van der Waals surface area contributed by atoms with Crippen molar-refractivity contribution in [2.24, 2.45) is 0 Å². The van der Waals surface area contributed by atoms with Gasteiger partial charge < -0.3 is 9.90 Å². The molecule has 1 aromatic rings. The summed E-state index contributed by atoms with van der Waals surface area (Å²) in [6, 6.07) is 3.68. The van der Waals surface area contributed by atoms with Crippen molar-refractivity contribution >= 4 is 46.3 Å². The molecule has 22 heavy (non-hydrogen) atoms. The molecule has 0 spiro atoms. The van der Waals surface area contributed by atoms with Crippen LogP contribution in [0.1, 0.15) is 31.2 Å². The molecule has 2 heterocycles. The third-order valence-electron chi connectivity index (χ3n) is 3.12. The van der Waals surface area contributed by atoms with E-state index in [4.69, 9.17) is 12.2 Å². The normalized spacial score (nSPS) is 16.5. The average molecular weight is 335 g/mol. The van der Waals surface area contributed by atoms with Crippen LogP contribution < -0.4 is 5.11 Å². The van der Waals surface area contributed by atoms with Crippen molar-refractivity contribution in [3.63, 3.8) is 0 Å². The van der Waals surface area contributed by atoms with Crippen molar-refractivity contribution < 1.29 is 14.7 Å². The summed E-state index contributed by atoms with van der Waals surface area (Å²) in [4.78, 5) is 28.8. The zero-order valence-electron chi connectivity index (χ0n) is 11.9. The van der Waals surface area contributed by atoms with Gasteiger partial charge in [-0.05, 0) is 37.0 Å². The molecule has 5 nitrogen and oxygen atoms in total. The van der Waals surface area contributed by atoms with Crippen molar-refractivity contribution in [2.75, 3.05) is 6.54 Å². The Balaban J connectivity index is 1.89. The Kier molecular flexibility index (Phi) is 6.09. The largest absolute Gasteiger partial charge is 0.550 e. The monoisotopic (exact) mass is 335 g/mol. The molecule has 2 rings (SSSR count). The molecule has 0 atom stereocenters. The second-order valence-electron chi connectivity index (χ2n) is 4.80. The van der Waals surface area contributed by atoms with E-state index in [9.17, 15) is 14.7 Å². The molecule has 0 aliphatic carbocycles. The van der Waals surface area contributed by atoms with Crippen LogP contribution in [0.4, 0.5) is 0 Å². The van der Waals surface area contributed by atoms with Crippen molar-refractivity contribution in [3.05, 3.63) is 35.0 Å². The molecule has 0 aromatic carbocycles. The molecule has 1 aliphatic heterocycles. The predicted molar refractivity (Wildman–Crippen MR) is 87.6 cm³/mol. The van der Waals surface area contributed by atoms with Gasteiger partial charge in [-0.25, -0.2) is 0 Å². The summed E-state index contributed by atoms with van der Waals surface area (Å²) in [6.07, 6.45) is 7.21. The summed E-state index contributed by atoms with van der Waals surface area (Å²) in [5.74, 6) is -1.14. The van der Waals surface area contributed by atoms with Crippen LogP contribution in [-0.2, 0) is 9.59 Å². The number of carbonyl (C=O) groups is 2. The lowest BCUT2D eigenvalue weighted by Crippen LogP contribution is -2.29. The summed E-state index contributed by atoms with van der Waals surface area (Å²) >= 11 is 6.52. The zero-order valence-corrected chi connectivity index (χ0v) is 13.5. The Bertz CT molecular complexity index is 602. The highest BCUT2D eigenvalue weighted by Gasteiger charge is 2.31. The molecular weight excluding hydrogens is 320 g/mol. The SMILES string of the molecule is O=C([O-])CCCCCN1C(=O)C(=Cc2cccnc2)SC1=S. The molecule has 0 radical (unpaired) electrons. The quantitative estimate of drug-likeness (QED) is 0.428. The summed E-state index contributed by atoms with van der Waals surface area (Å²) in [7, 11) is 0. The molecule has 1 fully saturated rings. The molecular formula is C15H15N2O3S2-. The highest BCUT2D eigenvalue weighted by atomic mass is 32.2. The van der Waals surface area contributed by atoms with Gasteiger partial charge in [-0.15, -0.1) is 0 Å². The predicted octanol–water partition coefficient (Wildman–Crippen LogP) is 1.59. The van der Waals surface area contributed by atoms with E-state index in [1.54, 1.807) is 23.4 Å². The standard InChI is InChI=1S/C15H16N2O3S2/c18-13(19)6-2-1-3-8-17-14(20)12(22-15(17)21)9-11-5-4-7-16-10-11/h4-5,7,9-10H,1-3,6,8H2,(H,18,19)/p-1. The smallest absolute Gasteiger partial charge is 0.266 e. The maximum atomic E-state index is 12.3. The second-order valence-corrected chi connectivity index (χ2v) is 6.48. The Morgan fingerprint density at radius 2 is 2.23 bits per heavy atom. The fraction of sp³-hybridized carbons (Fsp3) is 0.333. The summed E-state index contributed by atoms with van der Waals surface area (Å²) < 4.78 is 0.542. The molecule has 116 valence electrons. The van der Waals surface area contributed by atoms with Crippen LogP contribution >= 0.6 is 24.0 Å². The number of thiocarbonyl (C=S) groups is 1. The lowest BCUT2D eigenvalue weighted by Gasteiger charge is -2.14. The number of rotatable bonds is 7. The Labute approximate surface area is 138 Å². The van der Waals surface area contributed by atoms with E-state index in [1.807, 2.05) is 12.1 Å². The van der Waals surface area contributed by atoms with E-state index >= 15 is 0 Å². The minimum Gasteiger partial charge on any atom is -0.550 e. The third kappa shape index (κ3) is 4.64. The van der Waals surface area contributed by atoms with Crippen LogP contribution in [0.2, 0.25) is 0 Å². The van der Waals surface area contributed by atoms with Gasteiger partial charge in [-0.3, -0.25) is 14.7 Å². The number of nitrogens with zero attached hydrogens (tertiary/aromatic N) is 2. The van der Waals surface area contributed by atoms with E-state index in [2.05, 4.69) is 4.98 Å². The zero-order chi connectivity index (χ0) is 15.9. The van der Waals surface area contributed by atoms with Crippen LogP contribution in [0, 0.1) is 0 Å². The number of carbonyl (C=O) groups excluding carboxylic acids is 2. The molecule has 1 aromatic heterocycles. The van der Waals surface area contributed by atoms with Crippen LogP contribution in [0.5, 0.6) is 0 Å². The molecule has 1 amide bonds. The van der Waals surface area contributed by atoms with Crippen LogP contribution in [0.15, 0.2) is 29.4 Å². The number of hydrogen-bond acceptors (Lipinski definition) is 6. The van der Waals surface area contributed by atoms with Crippen molar-refractivity contribution in [1.29, 1.82) is 0 Å². The average Bonchev–Trinajstić information content (AvgIpc) is 2.75. The van der Waals surface area contributed by atoms with E-state index in [0.717, 1.165) is 18.4 Å². The van der Waals surface area contributed by atoms with E-state index in [1.165, 1.54) is 11.8 Å². The number of pyridine rings is 1. The van der Waals surface area contributed by atoms with Gasteiger partial charge in [0.25, 0.3) is 5.91 Å². The fourth-order valence-corrected chi connectivity index (χ4v) is 3.33. The lowest BCUT2D eigenvalue weighted by molar-refractivity contribution is -0.305. The first kappa shape index (κ1) is 16.6. The number of hydrogen-bond donors (Lipinski definition) is 0. The van der Waals surface area contributed by atoms with Gasteiger partial charge >= 0.3 is 0 Å². The number of aliphatic carboxylic acids is 1. The number of carboxylic acids is 1. The summed E-state index contributed by atoms with van der Waals surface area (Å²) in [6.45, 7) is 0.516. The maximum Gasteiger partial charge on any atom is 0.266 e. The van der Waals surface area contributed by atoms with Crippen LogP contribution in [0.25, 0.3) is 6.08 Å². The van der Waals surface area contributed by atoms with Gasteiger partial charge in [0.05, 0.1) is 4.91 Å². The summed E-state index contributed by atoms with van der Waals surface area (Å²) in [5, 5.41) is 10.3. The summed E-state index contributed by atoms with van der Waals surface area (Å²) in [5.41, 5.74) is 0.858. The van der Waals surface area contributed by atoms with Crippen LogP contribution in [0.3, 0.4) is 0 Å². The van der Waals surface area contributed by atoms with Crippen molar-refractivity contribution in [3.8, 4) is 0 Å². The number of unbranched alkanes of at least 4 members (excludes halogenated alkanes) is 2. The topological polar surface area (TPSA) is 73.3 Å². The molecule has 1 saturated heterocycles. The van der Waals surface area contributed by atoms with Crippen molar-refractivity contribution in [1.82, 2.24) is 9.88 Å². The first-order valence-corrected chi connectivity index (χ1v) is 8.15. The minimum absolute atomic E-state index is 0.0549. The molecule has 7 heteroatoms. The Morgan fingerprint density at radius 1 is 1.41 bits per heavy atom. The molecule has 0 unspecified atom stereocenters. The van der Waals surface area contributed by atoms with Crippen LogP contribution in [-0.4, -0.2) is 32.6 Å². The molecule has 0 N–H and O–H groups in total. The number of aromatic nitrogens is 1. The highest BCUT2D eigenvalue weighted by molar-refractivity contribution is 8.26.